The first kappa shape index (κ1) is 24.6. The average molecular weight is 563 g/mol. The van der Waals surface area contributed by atoms with E-state index in [9.17, 15) is 0 Å². The first-order valence-electron chi connectivity index (χ1n) is 14.9. The summed E-state index contributed by atoms with van der Waals surface area (Å²) in [6.45, 7) is 0. The molecule has 4 heteroatoms. The Morgan fingerprint density at radius 2 is 1.05 bits per heavy atom. The Morgan fingerprint density at radius 3 is 1.80 bits per heavy atom. The van der Waals surface area contributed by atoms with Crippen LogP contribution in [-0.4, -0.2) is 19.1 Å². The molecule has 0 aliphatic heterocycles. The van der Waals surface area contributed by atoms with Gasteiger partial charge in [0.25, 0.3) is 0 Å². The molecule has 0 radical (unpaired) electrons. The van der Waals surface area contributed by atoms with Crippen molar-refractivity contribution in [1.82, 2.24) is 19.1 Å². The minimum atomic E-state index is 0.929. The van der Waals surface area contributed by atoms with E-state index in [0.717, 1.165) is 50.4 Å². The van der Waals surface area contributed by atoms with E-state index < -0.39 is 0 Å². The van der Waals surface area contributed by atoms with Crippen LogP contribution in [0, 0.1) is 0 Å². The predicted molar refractivity (Wildman–Crippen MR) is 182 cm³/mol. The summed E-state index contributed by atoms with van der Waals surface area (Å²) >= 11 is 0. The highest BCUT2D eigenvalue weighted by molar-refractivity contribution is 6.28. The van der Waals surface area contributed by atoms with Crippen LogP contribution in [0.5, 0.6) is 0 Å². The van der Waals surface area contributed by atoms with Crippen LogP contribution in [0.15, 0.2) is 158 Å². The number of para-hydroxylation sites is 3. The molecule has 9 aromatic rings. The minimum absolute atomic E-state index is 0.929. The van der Waals surface area contributed by atoms with Gasteiger partial charge in [-0.15, -0.1) is 0 Å². The molecule has 0 spiro atoms. The van der Waals surface area contributed by atoms with Crippen LogP contribution in [0.3, 0.4) is 0 Å². The van der Waals surface area contributed by atoms with Crippen LogP contribution in [0.25, 0.3) is 77.6 Å². The Balaban J connectivity index is 1.37. The summed E-state index contributed by atoms with van der Waals surface area (Å²) in [7, 11) is 0. The molecule has 4 nitrogen and oxygen atoms in total. The Morgan fingerprint density at radius 1 is 0.409 bits per heavy atom. The summed E-state index contributed by atoms with van der Waals surface area (Å²) in [4.78, 5) is 9.95. The first-order valence-corrected chi connectivity index (χ1v) is 14.9. The lowest BCUT2D eigenvalue weighted by molar-refractivity contribution is 1.14. The van der Waals surface area contributed by atoms with Gasteiger partial charge < -0.3 is 4.57 Å². The Labute approximate surface area is 254 Å². The Bertz CT molecular complexity index is 2470. The quantitative estimate of drug-likeness (QED) is 0.214. The van der Waals surface area contributed by atoms with Crippen LogP contribution >= 0.6 is 0 Å². The molecule has 0 unspecified atom stereocenters. The van der Waals surface area contributed by atoms with Gasteiger partial charge in [0, 0.05) is 50.2 Å². The zero-order valence-electron chi connectivity index (χ0n) is 23.8. The van der Waals surface area contributed by atoms with Gasteiger partial charge in [0.05, 0.1) is 27.9 Å². The molecule has 0 aliphatic rings. The number of rotatable bonds is 4. The normalized spacial score (nSPS) is 11.6. The Hall–Kier alpha value is -6.00. The highest BCUT2D eigenvalue weighted by Crippen LogP contribution is 2.42. The fourth-order valence-corrected chi connectivity index (χ4v) is 6.66. The molecule has 0 saturated heterocycles. The van der Waals surface area contributed by atoms with Gasteiger partial charge in [-0.2, -0.15) is 0 Å². The topological polar surface area (TPSA) is 35.6 Å². The molecule has 5 aromatic carbocycles. The zero-order chi connectivity index (χ0) is 29.0. The third-order valence-electron chi connectivity index (χ3n) is 8.56. The lowest BCUT2D eigenvalue weighted by atomic mass is 10.0. The maximum absolute atomic E-state index is 5.38. The van der Waals surface area contributed by atoms with Crippen LogP contribution < -0.4 is 0 Å². The smallest absolute Gasteiger partial charge is 0.146 e. The molecule has 0 amide bonds. The third-order valence-corrected chi connectivity index (χ3v) is 8.56. The van der Waals surface area contributed by atoms with E-state index in [1.165, 1.54) is 27.2 Å². The molecular formula is C40H26N4. The molecule has 4 heterocycles. The van der Waals surface area contributed by atoms with Crippen LogP contribution in [0.1, 0.15) is 0 Å². The SMILES string of the molecule is c1ccc(-n2c3ccccc3c3c4c5ccc(-c6cccc(-c7ccccn7)c6)nc5n(-c5ccccc5)c4ccc32)cc1. The number of hydrogen-bond acceptors (Lipinski definition) is 2. The van der Waals surface area contributed by atoms with Gasteiger partial charge in [0.2, 0.25) is 0 Å². The van der Waals surface area contributed by atoms with Gasteiger partial charge in [-0.25, -0.2) is 4.98 Å². The highest BCUT2D eigenvalue weighted by Gasteiger charge is 2.21. The first-order chi connectivity index (χ1) is 21.8. The van der Waals surface area contributed by atoms with Crippen molar-refractivity contribution in [3.05, 3.63) is 158 Å². The lowest BCUT2D eigenvalue weighted by Crippen LogP contribution is -1.96. The molecule has 206 valence electrons. The second kappa shape index (κ2) is 9.79. The second-order valence-electron chi connectivity index (χ2n) is 11.1. The van der Waals surface area contributed by atoms with Crippen molar-refractivity contribution in [2.75, 3.05) is 0 Å². The number of aromatic nitrogens is 4. The maximum atomic E-state index is 5.38. The van der Waals surface area contributed by atoms with Crippen LogP contribution in [0.2, 0.25) is 0 Å². The predicted octanol–water partition coefficient (Wildman–Crippen LogP) is 10.0. The van der Waals surface area contributed by atoms with Crippen molar-refractivity contribution in [2.45, 2.75) is 0 Å². The largest absolute Gasteiger partial charge is 0.309 e. The third kappa shape index (κ3) is 3.71. The lowest BCUT2D eigenvalue weighted by Gasteiger charge is -2.09. The van der Waals surface area contributed by atoms with Gasteiger partial charge in [-0.05, 0) is 72.8 Å². The average Bonchev–Trinajstić information content (AvgIpc) is 3.62. The van der Waals surface area contributed by atoms with Crippen molar-refractivity contribution < 1.29 is 0 Å². The van der Waals surface area contributed by atoms with E-state index in [-0.39, 0.29) is 0 Å². The summed E-state index contributed by atoms with van der Waals surface area (Å²) in [6.07, 6.45) is 1.83. The van der Waals surface area contributed by atoms with Crippen LogP contribution in [-0.2, 0) is 0 Å². The summed E-state index contributed by atoms with van der Waals surface area (Å²) in [5.41, 5.74) is 10.7. The second-order valence-corrected chi connectivity index (χ2v) is 11.1. The number of nitrogens with zero attached hydrogens (tertiary/aromatic N) is 4. The van der Waals surface area contributed by atoms with E-state index >= 15 is 0 Å². The van der Waals surface area contributed by atoms with Crippen molar-refractivity contribution in [2.24, 2.45) is 0 Å². The van der Waals surface area contributed by atoms with Crippen molar-refractivity contribution >= 4 is 43.7 Å². The van der Waals surface area contributed by atoms with Crippen LogP contribution in [0.4, 0.5) is 0 Å². The molecule has 0 N–H and O–H groups in total. The number of hydrogen-bond donors (Lipinski definition) is 0. The molecule has 0 fully saturated rings. The highest BCUT2D eigenvalue weighted by atomic mass is 15.1. The number of benzene rings is 5. The van der Waals surface area contributed by atoms with Gasteiger partial charge in [-0.1, -0.05) is 78.9 Å². The summed E-state index contributed by atoms with van der Waals surface area (Å²) < 4.78 is 4.69. The van der Waals surface area contributed by atoms with E-state index in [0.29, 0.717) is 0 Å². The van der Waals surface area contributed by atoms with E-state index in [2.05, 4.69) is 148 Å². The van der Waals surface area contributed by atoms with E-state index in [1.807, 2.05) is 24.4 Å². The molecule has 0 saturated carbocycles. The molecule has 0 bridgehead atoms. The fraction of sp³-hybridized carbons (Fsp3) is 0. The van der Waals surface area contributed by atoms with Gasteiger partial charge in [0.1, 0.15) is 5.65 Å². The molecule has 0 aliphatic carbocycles. The monoisotopic (exact) mass is 562 g/mol. The molecule has 44 heavy (non-hydrogen) atoms. The van der Waals surface area contributed by atoms with Crippen molar-refractivity contribution in [1.29, 1.82) is 0 Å². The molecule has 9 rings (SSSR count). The molecule has 0 atom stereocenters. The van der Waals surface area contributed by atoms with E-state index in [4.69, 9.17) is 4.98 Å². The minimum Gasteiger partial charge on any atom is -0.309 e. The fourth-order valence-electron chi connectivity index (χ4n) is 6.66. The standard InChI is InChI=1S/C40H26N4/c1-3-14-29(15-4-1)43-35-20-8-7-18-31(35)38-36(43)23-24-37-39(38)32-21-22-34(42-40(32)44(37)30-16-5-2-6-17-30)28-13-11-12-27(26-28)33-19-9-10-25-41-33/h1-26H. The number of pyridine rings is 2. The van der Waals surface area contributed by atoms with Gasteiger partial charge >= 0.3 is 0 Å². The molecule has 4 aromatic heterocycles. The Kier molecular flexibility index (Phi) is 5.47. The van der Waals surface area contributed by atoms with E-state index in [1.54, 1.807) is 0 Å². The maximum Gasteiger partial charge on any atom is 0.146 e. The zero-order valence-corrected chi connectivity index (χ0v) is 23.8. The van der Waals surface area contributed by atoms with Crippen molar-refractivity contribution in [3.63, 3.8) is 0 Å². The van der Waals surface area contributed by atoms with Gasteiger partial charge in [-0.3, -0.25) is 9.55 Å². The molecular weight excluding hydrogens is 536 g/mol. The summed E-state index contributed by atoms with van der Waals surface area (Å²) in [5, 5.41) is 4.83. The summed E-state index contributed by atoms with van der Waals surface area (Å²) in [5.74, 6) is 0. The van der Waals surface area contributed by atoms with Crippen molar-refractivity contribution in [3.8, 4) is 33.9 Å². The van der Waals surface area contributed by atoms with Gasteiger partial charge in [0.15, 0.2) is 0 Å². The number of fused-ring (bicyclic) bond motifs is 7. The summed E-state index contributed by atoms with van der Waals surface area (Å²) in [6, 6.07) is 53.3.